The number of rotatable bonds is 2. The summed E-state index contributed by atoms with van der Waals surface area (Å²) in [5.74, 6) is 1.59. The van der Waals surface area contributed by atoms with E-state index >= 15 is 0 Å². The fourth-order valence-electron chi connectivity index (χ4n) is 3.04. The third-order valence-corrected chi connectivity index (χ3v) is 4.10. The molecule has 18 heavy (non-hydrogen) atoms. The number of hydrazone groups is 1. The van der Waals surface area contributed by atoms with Crippen LogP contribution in [0.4, 0.5) is 5.82 Å². The van der Waals surface area contributed by atoms with E-state index in [1.165, 1.54) is 25.1 Å². The lowest BCUT2D eigenvalue weighted by Gasteiger charge is -2.30. The highest BCUT2D eigenvalue weighted by Gasteiger charge is 2.35. The summed E-state index contributed by atoms with van der Waals surface area (Å²) in [5.41, 5.74) is 4.26. The topological polar surface area (TPSA) is 53.4 Å². The highest BCUT2D eigenvalue weighted by atomic mass is 15.3. The van der Waals surface area contributed by atoms with Gasteiger partial charge in [0.05, 0.1) is 6.20 Å². The Balaban J connectivity index is 1.63. The first-order chi connectivity index (χ1) is 8.83. The van der Waals surface area contributed by atoms with Gasteiger partial charge in [0.1, 0.15) is 0 Å². The van der Waals surface area contributed by atoms with Crippen molar-refractivity contribution < 1.29 is 0 Å². The second kappa shape index (κ2) is 5.02. The van der Waals surface area contributed by atoms with Gasteiger partial charge in [-0.2, -0.15) is 5.10 Å². The second-order valence-electron chi connectivity index (χ2n) is 5.22. The molecular formula is C13H19N5. The van der Waals surface area contributed by atoms with E-state index in [1.54, 1.807) is 18.6 Å². The number of aromatic nitrogens is 2. The number of hydrogen-bond acceptors (Lipinski definition) is 5. The summed E-state index contributed by atoms with van der Waals surface area (Å²) in [6.45, 7) is 1.24. The molecule has 96 valence electrons. The largest absolute Gasteiger partial charge is 0.303 e. The van der Waals surface area contributed by atoms with Crippen molar-refractivity contribution in [2.24, 2.45) is 11.0 Å². The van der Waals surface area contributed by atoms with E-state index in [1.807, 2.05) is 0 Å². The van der Waals surface area contributed by atoms with Crippen molar-refractivity contribution in [1.29, 1.82) is 0 Å². The van der Waals surface area contributed by atoms with Crippen LogP contribution in [0.25, 0.3) is 0 Å². The predicted molar refractivity (Wildman–Crippen MR) is 71.5 cm³/mol. The van der Waals surface area contributed by atoms with Gasteiger partial charge in [-0.1, -0.05) is 0 Å². The molecule has 0 radical (unpaired) electrons. The Labute approximate surface area is 107 Å². The highest BCUT2D eigenvalue weighted by molar-refractivity contribution is 5.86. The van der Waals surface area contributed by atoms with Gasteiger partial charge >= 0.3 is 0 Å². The van der Waals surface area contributed by atoms with Gasteiger partial charge in [0.15, 0.2) is 5.82 Å². The van der Waals surface area contributed by atoms with E-state index in [0.717, 1.165) is 18.8 Å². The second-order valence-corrected chi connectivity index (χ2v) is 5.22. The molecule has 1 aromatic rings. The predicted octanol–water partition coefficient (Wildman–Crippen LogP) is 1.75. The molecular weight excluding hydrogens is 226 g/mol. The van der Waals surface area contributed by atoms with E-state index in [0.29, 0.717) is 11.9 Å². The quantitative estimate of drug-likeness (QED) is 0.806. The van der Waals surface area contributed by atoms with Gasteiger partial charge in [0.2, 0.25) is 0 Å². The molecule has 1 saturated carbocycles. The molecule has 1 aliphatic heterocycles. The Bertz CT molecular complexity index is 430. The van der Waals surface area contributed by atoms with E-state index in [2.05, 4.69) is 32.4 Å². The fourth-order valence-corrected chi connectivity index (χ4v) is 3.04. The van der Waals surface area contributed by atoms with Crippen LogP contribution >= 0.6 is 0 Å². The molecule has 1 aliphatic carbocycles. The minimum absolute atomic E-state index is 0.696. The SMILES string of the molecule is CN1CCC2CC/C(=N\Nc3cnccn3)CC21. The minimum atomic E-state index is 0.696. The number of nitrogens with one attached hydrogen (secondary N) is 1. The van der Waals surface area contributed by atoms with Crippen molar-refractivity contribution in [2.75, 3.05) is 19.0 Å². The first-order valence-corrected chi connectivity index (χ1v) is 6.60. The zero-order valence-corrected chi connectivity index (χ0v) is 10.7. The number of likely N-dealkylation sites (tertiary alicyclic amines) is 1. The van der Waals surface area contributed by atoms with Gasteiger partial charge in [0, 0.05) is 30.6 Å². The summed E-state index contributed by atoms with van der Waals surface area (Å²) >= 11 is 0. The van der Waals surface area contributed by atoms with E-state index in [-0.39, 0.29) is 0 Å². The van der Waals surface area contributed by atoms with Crippen LogP contribution in [0.1, 0.15) is 25.7 Å². The number of fused-ring (bicyclic) bond motifs is 1. The lowest BCUT2D eigenvalue weighted by molar-refractivity contribution is 0.261. The standard InChI is InChI=1S/C13H19N5/c1-18-7-4-10-2-3-11(8-12(10)18)16-17-13-9-14-5-6-15-13/h5-6,9-10,12H,2-4,7-8H2,1H3,(H,15,17)/b16-11+. The summed E-state index contributed by atoms with van der Waals surface area (Å²) in [5, 5.41) is 4.49. The van der Waals surface area contributed by atoms with Crippen LogP contribution in [0.2, 0.25) is 0 Å². The Morgan fingerprint density at radius 3 is 3.17 bits per heavy atom. The highest BCUT2D eigenvalue weighted by Crippen LogP contribution is 2.34. The van der Waals surface area contributed by atoms with Gasteiger partial charge in [-0.3, -0.25) is 10.4 Å². The first kappa shape index (κ1) is 11.6. The molecule has 5 heteroatoms. The monoisotopic (exact) mass is 245 g/mol. The maximum absolute atomic E-state index is 4.49. The molecule has 2 atom stereocenters. The first-order valence-electron chi connectivity index (χ1n) is 6.60. The Hall–Kier alpha value is -1.49. The van der Waals surface area contributed by atoms with Crippen LogP contribution in [0.15, 0.2) is 23.7 Å². The van der Waals surface area contributed by atoms with Crippen molar-refractivity contribution in [3.05, 3.63) is 18.6 Å². The average Bonchev–Trinajstić information content (AvgIpc) is 2.79. The summed E-state index contributed by atoms with van der Waals surface area (Å²) in [7, 11) is 2.23. The van der Waals surface area contributed by atoms with E-state index in [4.69, 9.17) is 0 Å². The van der Waals surface area contributed by atoms with E-state index < -0.39 is 0 Å². The van der Waals surface area contributed by atoms with Crippen LogP contribution in [-0.2, 0) is 0 Å². The molecule has 2 unspecified atom stereocenters. The van der Waals surface area contributed by atoms with Crippen molar-refractivity contribution in [3.8, 4) is 0 Å². The molecule has 1 aromatic heterocycles. The molecule has 2 aliphatic rings. The maximum atomic E-state index is 4.49. The van der Waals surface area contributed by atoms with Gasteiger partial charge < -0.3 is 4.90 Å². The number of anilines is 1. The molecule has 0 bridgehead atoms. The number of nitrogens with zero attached hydrogens (tertiary/aromatic N) is 4. The zero-order chi connectivity index (χ0) is 12.4. The average molecular weight is 245 g/mol. The van der Waals surface area contributed by atoms with Crippen molar-refractivity contribution >= 4 is 11.5 Å². The molecule has 0 amide bonds. The van der Waals surface area contributed by atoms with Gasteiger partial charge in [-0.05, 0) is 38.8 Å². The molecule has 5 nitrogen and oxygen atoms in total. The molecule has 0 aromatic carbocycles. The Morgan fingerprint density at radius 1 is 1.39 bits per heavy atom. The van der Waals surface area contributed by atoms with Gasteiger partial charge in [-0.15, -0.1) is 0 Å². The van der Waals surface area contributed by atoms with Crippen molar-refractivity contribution in [3.63, 3.8) is 0 Å². The molecule has 0 spiro atoms. The molecule has 1 N–H and O–H groups in total. The number of hydrogen-bond donors (Lipinski definition) is 1. The summed E-state index contributed by atoms with van der Waals surface area (Å²) < 4.78 is 0. The normalized spacial score (nSPS) is 30.4. The van der Waals surface area contributed by atoms with Crippen molar-refractivity contribution in [1.82, 2.24) is 14.9 Å². The van der Waals surface area contributed by atoms with Gasteiger partial charge in [-0.25, -0.2) is 4.98 Å². The summed E-state index contributed by atoms with van der Waals surface area (Å²) in [6, 6.07) is 0.696. The minimum Gasteiger partial charge on any atom is -0.303 e. The van der Waals surface area contributed by atoms with Crippen LogP contribution in [0.3, 0.4) is 0 Å². The summed E-state index contributed by atoms with van der Waals surface area (Å²) in [6.07, 6.45) is 9.86. The summed E-state index contributed by atoms with van der Waals surface area (Å²) in [4.78, 5) is 10.6. The Morgan fingerprint density at radius 2 is 2.33 bits per heavy atom. The van der Waals surface area contributed by atoms with Crippen molar-refractivity contribution in [2.45, 2.75) is 31.7 Å². The lowest BCUT2D eigenvalue weighted by atomic mass is 9.84. The third-order valence-electron chi connectivity index (χ3n) is 4.10. The zero-order valence-electron chi connectivity index (χ0n) is 10.7. The maximum Gasteiger partial charge on any atom is 0.164 e. The lowest BCUT2D eigenvalue weighted by Crippen LogP contribution is -2.35. The Kier molecular flexibility index (Phi) is 3.23. The molecule has 3 rings (SSSR count). The smallest absolute Gasteiger partial charge is 0.164 e. The molecule has 2 heterocycles. The van der Waals surface area contributed by atoms with Crippen LogP contribution in [0, 0.1) is 5.92 Å². The molecule has 1 saturated heterocycles. The van der Waals surface area contributed by atoms with Crippen LogP contribution in [0.5, 0.6) is 0 Å². The van der Waals surface area contributed by atoms with Gasteiger partial charge in [0.25, 0.3) is 0 Å². The van der Waals surface area contributed by atoms with Crippen LogP contribution in [-0.4, -0.2) is 40.2 Å². The fraction of sp³-hybridized carbons (Fsp3) is 0.615. The third kappa shape index (κ3) is 2.36. The molecule has 2 fully saturated rings. The van der Waals surface area contributed by atoms with E-state index in [9.17, 15) is 0 Å². The van der Waals surface area contributed by atoms with Crippen LogP contribution < -0.4 is 5.43 Å².